The molecule has 1 unspecified atom stereocenters. The Morgan fingerprint density at radius 1 is 1.02 bits per heavy atom. The van der Waals surface area contributed by atoms with E-state index in [1.54, 1.807) is 16.3 Å². The number of hydrogen-bond donors (Lipinski definition) is 3. The molecule has 0 bridgehead atoms. The highest BCUT2D eigenvalue weighted by Gasteiger charge is 2.19. The van der Waals surface area contributed by atoms with Crippen LogP contribution in [0.1, 0.15) is 77.0 Å². The molecule has 2 heterocycles. The Kier molecular flexibility index (Phi) is 17.1. The lowest BCUT2D eigenvalue weighted by molar-refractivity contribution is 0.140. The zero-order valence-corrected chi connectivity index (χ0v) is 27.6. The van der Waals surface area contributed by atoms with Gasteiger partial charge in [-0.25, -0.2) is 4.98 Å². The van der Waals surface area contributed by atoms with Gasteiger partial charge in [-0.05, 0) is 37.4 Å². The molecular formula is C28H50N5O5PS2. The number of aromatic nitrogens is 4. The molecule has 4 N–H and O–H groups in total. The van der Waals surface area contributed by atoms with Crippen LogP contribution in [0.2, 0.25) is 0 Å². The lowest BCUT2D eigenvalue weighted by Gasteiger charge is -2.14. The molecule has 0 radical (unpaired) electrons. The number of fused-ring (bicyclic) bond motifs is 1. The molecule has 0 saturated carbocycles. The number of anilines is 1. The summed E-state index contributed by atoms with van der Waals surface area (Å²) in [6, 6.07) is 0. The second kappa shape index (κ2) is 19.7. The predicted molar refractivity (Wildman–Crippen MR) is 175 cm³/mol. The maximum Gasteiger partial charge on any atom is 0.353 e. The van der Waals surface area contributed by atoms with Crippen LogP contribution in [-0.4, -0.2) is 74.2 Å². The van der Waals surface area contributed by atoms with E-state index in [0.29, 0.717) is 17.9 Å². The fourth-order valence-corrected chi connectivity index (χ4v) is 6.41. The van der Waals surface area contributed by atoms with E-state index in [4.69, 9.17) is 15.0 Å². The molecule has 10 nitrogen and oxygen atoms in total. The minimum Gasteiger partial charge on any atom is -0.369 e. The third-order valence-electron chi connectivity index (χ3n) is 6.21. The number of nitrogens with zero attached hydrogens (tertiary/aromatic N) is 3. The smallest absolute Gasteiger partial charge is 0.353 e. The summed E-state index contributed by atoms with van der Waals surface area (Å²) in [5.74, 6) is 5.05. The van der Waals surface area contributed by atoms with Gasteiger partial charge in [0.2, 0.25) is 5.95 Å². The Labute approximate surface area is 251 Å². The Balaban J connectivity index is 1.36. The molecule has 0 fully saturated rings. The van der Waals surface area contributed by atoms with Gasteiger partial charge in [-0.2, -0.15) is 26.8 Å². The van der Waals surface area contributed by atoms with E-state index < -0.39 is 29.5 Å². The topological polar surface area (TPSA) is 145 Å². The molecule has 0 amide bonds. The van der Waals surface area contributed by atoms with Crippen LogP contribution in [0, 0.1) is 11.2 Å². The first-order valence-electron chi connectivity index (χ1n) is 14.6. The highest BCUT2D eigenvalue weighted by molar-refractivity contribution is 8.35. The third kappa shape index (κ3) is 16.7. The Morgan fingerprint density at radius 2 is 1.66 bits per heavy atom. The molecule has 234 valence electrons. The molecule has 41 heavy (non-hydrogen) atoms. The van der Waals surface area contributed by atoms with E-state index in [9.17, 15) is 14.3 Å². The van der Waals surface area contributed by atoms with Crippen molar-refractivity contribution in [3.63, 3.8) is 0 Å². The van der Waals surface area contributed by atoms with E-state index >= 15 is 0 Å². The largest absolute Gasteiger partial charge is 0.369 e. The fraction of sp³-hybridized carbons (Fsp3) is 0.750. The summed E-state index contributed by atoms with van der Waals surface area (Å²) in [5, 5.41) is 3.39. The van der Waals surface area contributed by atoms with Crippen molar-refractivity contribution in [2.75, 3.05) is 55.6 Å². The zero-order valence-electron chi connectivity index (χ0n) is 25.1. The first kappa shape index (κ1) is 35.7. The number of hydrogen-bond acceptors (Lipinski definition) is 8. The monoisotopic (exact) mass is 631 g/mol. The number of ether oxygens (including phenoxy) is 1. The highest BCUT2D eigenvalue weighted by atomic mass is 32.3. The molecule has 0 aromatic carbocycles. The molecular weight excluding hydrogens is 581 g/mol. The van der Waals surface area contributed by atoms with Crippen LogP contribution in [-0.2, 0) is 20.4 Å². The average Bonchev–Trinajstić information content (AvgIpc) is 3.30. The summed E-state index contributed by atoms with van der Waals surface area (Å²) in [5.41, 5.74) is 5.68. The first-order chi connectivity index (χ1) is 19.6. The average molecular weight is 632 g/mol. The second-order valence-electron chi connectivity index (χ2n) is 10.9. The molecule has 0 saturated heterocycles. The molecule has 13 heteroatoms. The number of H-pyrrole nitrogens is 1. The van der Waals surface area contributed by atoms with Crippen LogP contribution in [0.4, 0.5) is 5.95 Å². The molecule has 1 atom stereocenters. The maximum atomic E-state index is 12.2. The molecule has 2 aromatic rings. The van der Waals surface area contributed by atoms with Crippen molar-refractivity contribution < 1.29 is 18.7 Å². The van der Waals surface area contributed by atoms with Crippen LogP contribution >= 0.6 is 29.4 Å². The van der Waals surface area contributed by atoms with Crippen LogP contribution in [0.25, 0.3) is 11.2 Å². The van der Waals surface area contributed by atoms with Crippen molar-refractivity contribution in [1.29, 1.82) is 0 Å². The molecule has 2 aromatic heterocycles. The summed E-state index contributed by atoms with van der Waals surface area (Å²) < 4.78 is 24.3. The van der Waals surface area contributed by atoms with Crippen LogP contribution in [0.3, 0.4) is 0 Å². The third-order valence-corrected chi connectivity index (χ3v) is 9.10. The minimum atomic E-state index is -3.82. The van der Waals surface area contributed by atoms with Crippen molar-refractivity contribution in [2.45, 2.75) is 83.6 Å². The van der Waals surface area contributed by atoms with Gasteiger partial charge < -0.3 is 24.5 Å². The van der Waals surface area contributed by atoms with Gasteiger partial charge in [0.05, 0.1) is 19.5 Å². The van der Waals surface area contributed by atoms with Gasteiger partial charge >= 0.3 is 7.60 Å². The van der Waals surface area contributed by atoms with E-state index in [0.717, 1.165) is 12.2 Å². The quantitative estimate of drug-likeness (QED) is 0.0816. The van der Waals surface area contributed by atoms with Crippen molar-refractivity contribution in [3.05, 3.63) is 16.7 Å². The van der Waals surface area contributed by atoms with Gasteiger partial charge in [0.1, 0.15) is 6.35 Å². The lowest BCUT2D eigenvalue weighted by atomic mass is 10.1. The lowest BCUT2D eigenvalue weighted by Crippen LogP contribution is -2.13. The number of rotatable bonds is 22. The summed E-state index contributed by atoms with van der Waals surface area (Å²) in [6.07, 6.45) is 23.1. The Hall–Kier alpha value is -1.48. The number of imidazole rings is 1. The van der Waals surface area contributed by atoms with E-state index in [2.05, 4.69) is 44.9 Å². The highest BCUT2D eigenvalue weighted by Crippen LogP contribution is 2.41. The zero-order chi connectivity index (χ0) is 30.0. The van der Waals surface area contributed by atoms with Crippen molar-refractivity contribution in [1.82, 2.24) is 19.5 Å². The molecule has 0 spiro atoms. The predicted octanol–water partition coefficient (Wildman–Crippen LogP) is 5.95. The number of aromatic amines is 1. The summed E-state index contributed by atoms with van der Waals surface area (Å²) in [6.45, 7) is 0.652. The summed E-state index contributed by atoms with van der Waals surface area (Å²) in [7, 11) is -4.48. The minimum absolute atomic E-state index is 0.00188. The SMILES string of the molecule is CS(C)(C)C#CCCCCCCCCCCCCCSCCOP(=O)(O)COCCn1cnc2c(=O)[nH]c(N)nc21. The number of unbranched alkanes of at least 4 members (excludes halogenated alkanes) is 11. The fourth-order valence-electron chi connectivity index (χ4n) is 4.13. The van der Waals surface area contributed by atoms with Gasteiger partial charge in [-0.3, -0.25) is 14.3 Å². The normalized spacial score (nSPS) is 13.7. The summed E-state index contributed by atoms with van der Waals surface area (Å²) >= 11 is 1.75. The van der Waals surface area contributed by atoms with Gasteiger partial charge in [-0.15, -0.1) is 0 Å². The van der Waals surface area contributed by atoms with Gasteiger partial charge in [-0.1, -0.05) is 69.0 Å². The summed E-state index contributed by atoms with van der Waals surface area (Å²) in [4.78, 5) is 32.3. The number of thioether (sulfide) groups is 1. The number of nitrogens with two attached hydrogens (primary N) is 1. The van der Waals surface area contributed by atoms with Crippen molar-refractivity contribution >= 4 is 46.5 Å². The second-order valence-corrected chi connectivity index (χ2v) is 17.8. The van der Waals surface area contributed by atoms with Crippen molar-refractivity contribution in [2.24, 2.45) is 0 Å². The maximum absolute atomic E-state index is 12.2. The molecule has 2 rings (SSSR count). The van der Waals surface area contributed by atoms with E-state index in [-0.39, 0.29) is 24.7 Å². The first-order valence-corrected chi connectivity index (χ1v) is 20.4. The molecule has 0 aliphatic carbocycles. The van der Waals surface area contributed by atoms with E-state index in [1.807, 2.05) is 0 Å². The molecule has 0 aliphatic heterocycles. The van der Waals surface area contributed by atoms with Crippen LogP contribution in [0.5, 0.6) is 0 Å². The van der Waals surface area contributed by atoms with E-state index in [1.165, 1.54) is 77.0 Å². The van der Waals surface area contributed by atoms with Gasteiger partial charge in [0.25, 0.3) is 5.56 Å². The standard InChI is InChI=1S/C28H50N5O5PS2/c1-41(2,3)22-16-14-12-10-8-6-4-5-7-9-11-13-15-20-40-21-19-38-39(35,36)24-37-18-17-33-23-30-25-26(33)31-28(29)32-27(25)34/h23H,4-15,17-21,24H2,1-3H3,(H,35,36)(H3,29,31,32,34). The Morgan fingerprint density at radius 3 is 2.32 bits per heavy atom. The Bertz CT molecular complexity index is 1190. The van der Waals surface area contributed by atoms with Gasteiger partial charge in [0.15, 0.2) is 11.2 Å². The van der Waals surface area contributed by atoms with Crippen LogP contribution in [0.15, 0.2) is 11.1 Å². The number of nitrogens with one attached hydrogen (secondary N) is 1. The number of nitrogen functional groups attached to an aromatic ring is 1. The van der Waals surface area contributed by atoms with Crippen LogP contribution < -0.4 is 11.3 Å². The molecule has 0 aliphatic rings. The van der Waals surface area contributed by atoms with Gasteiger partial charge in [0, 0.05) is 18.7 Å². The van der Waals surface area contributed by atoms with Crippen molar-refractivity contribution in [3.8, 4) is 11.2 Å².